The fourth-order valence-electron chi connectivity index (χ4n) is 10.6. The molecule has 0 saturated carbocycles. The summed E-state index contributed by atoms with van der Waals surface area (Å²) in [4.78, 5) is 38.4. The number of carbonyl (C=O) groups excluding carboxylic acids is 3. The predicted octanol–water partition coefficient (Wildman–Crippen LogP) is 22.6. The van der Waals surface area contributed by atoms with Crippen LogP contribution in [0.5, 0.6) is 0 Å². The molecular formula is C68H132O6. The molecule has 0 spiro atoms. The van der Waals surface area contributed by atoms with Crippen LogP contribution in [-0.4, -0.2) is 37.2 Å². The summed E-state index contributed by atoms with van der Waals surface area (Å²) >= 11 is 0. The Balaban J connectivity index is 4.25. The van der Waals surface area contributed by atoms with Crippen LogP contribution in [0.4, 0.5) is 0 Å². The first-order chi connectivity index (χ1) is 36.1. The molecule has 0 N–H and O–H groups in total. The lowest BCUT2D eigenvalue weighted by atomic mass is 10.0. The molecule has 1 atom stereocenters. The summed E-state index contributed by atoms with van der Waals surface area (Å²) in [6.45, 7) is 13.8. The normalized spacial score (nSPS) is 12.1. The van der Waals surface area contributed by atoms with Crippen LogP contribution in [0.2, 0.25) is 0 Å². The van der Waals surface area contributed by atoms with Gasteiger partial charge in [0.1, 0.15) is 13.2 Å². The topological polar surface area (TPSA) is 78.9 Å². The third-order valence-corrected chi connectivity index (χ3v) is 15.6. The van der Waals surface area contributed by atoms with Gasteiger partial charge in [0.15, 0.2) is 6.10 Å². The van der Waals surface area contributed by atoms with E-state index in [1.165, 1.54) is 263 Å². The van der Waals surface area contributed by atoms with E-state index in [0.29, 0.717) is 19.3 Å². The van der Waals surface area contributed by atoms with Gasteiger partial charge in [-0.1, -0.05) is 343 Å². The smallest absolute Gasteiger partial charge is 0.306 e. The molecule has 0 aromatic heterocycles. The minimum absolute atomic E-state index is 0.0622. The lowest BCUT2D eigenvalue weighted by molar-refractivity contribution is -0.167. The lowest BCUT2D eigenvalue weighted by Crippen LogP contribution is -2.30. The fourth-order valence-corrected chi connectivity index (χ4v) is 10.6. The molecule has 0 fully saturated rings. The van der Waals surface area contributed by atoms with E-state index < -0.39 is 6.10 Å². The van der Waals surface area contributed by atoms with Crippen LogP contribution < -0.4 is 0 Å². The van der Waals surface area contributed by atoms with Gasteiger partial charge < -0.3 is 14.2 Å². The van der Waals surface area contributed by atoms with E-state index in [4.69, 9.17) is 14.2 Å². The zero-order valence-corrected chi connectivity index (χ0v) is 51.1. The number of carbonyl (C=O) groups is 3. The molecule has 0 heterocycles. The number of hydrogen-bond donors (Lipinski definition) is 0. The minimum Gasteiger partial charge on any atom is -0.462 e. The zero-order chi connectivity index (χ0) is 54.1. The highest BCUT2D eigenvalue weighted by Gasteiger charge is 2.20. The Morgan fingerprint density at radius 2 is 0.392 bits per heavy atom. The molecular weight excluding hydrogens is 913 g/mol. The van der Waals surface area contributed by atoms with E-state index in [0.717, 1.165) is 75.5 Å². The van der Waals surface area contributed by atoms with Crippen molar-refractivity contribution < 1.29 is 28.6 Å². The second-order valence-electron chi connectivity index (χ2n) is 24.9. The largest absolute Gasteiger partial charge is 0.462 e. The fraction of sp³-hybridized carbons (Fsp3) is 0.956. The van der Waals surface area contributed by atoms with Gasteiger partial charge in [0.05, 0.1) is 0 Å². The van der Waals surface area contributed by atoms with Crippen molar-refractivity contribution in [3.63, 3.8) is 0 Å². The van der Waals surface area contributed by atoms with Gasteiger partial charge in [0, 0.05) is 19.3 Å². The van der Waals surface area contributed by atoms with Crippen molar-refractivity contribution in [2.24, 2.45) is 17.8 Å². The summed E-state index contributed by atoms with van der Waals surface area (Å²) in [7, 11) is 0. The highest BCUT2D eigenvalue weighted by atomic mass is 16.6. The van der Waals surface area contributed by atoms with Gasteiger partial charge in [-0.25, -0.2) is 0 Å². The van der Waals surface area contributed by atoms with Crippen LogP contribution in [0.1, 0.15) is 382 Å². The van der Waals surface area contributed by atoms with Crippen LogP contribution in [0.15, 0.2) is 0 Å². The molecule has 0 unspecified atom stereocenters. The first-order valence-electron chi connectivity index (χ1n) is 33.6. The Kier molecular flexibility index (Phi) is 57.8. The third-order valence-electron chi connectivity index (χ3n) is 15.6. The number of unbranched alkanes of at least 4 members (excludes halogenated alkanes) is 44. The van der Waals surface area contributed by atoms with Gasteiger partial charge in [-0.15, -0.1) is 0 Å². The van der Waals surface area contributed by atoms with E-state index in [9.17, 15) is 14.4 Å². The van der Waals surface area contributed by atoms with Crippen molar-refractivity contribution in [2.45, 2.75) is 388 Å². The predicted molar refractivity (Wildman–Crippen MR) is 321 cm³/mol. The third kappa shape index (κ3) is 61.3. The first-order valence-corrected chi connectivity index (χ1v) is 33.6. The standard InChI is InChI=1S/C68H132O6/c1-62(2)54-48-42-36-30-24-19-15-11-7-9-13-17-21-27-33-39-45-51-57-66(69)72-60-65(61-73-67(70)58-52-46-40-34-29-23-26-32-38-44-50-56-64(5)6)74-68(71)59-53-47-41-35-28-22-18-14-10-8-12-16-20-25-31-37-43-49-55-63(3)4/h62-65H,7-61H2,1-6H3/t65-/m0/s1. The first kappa shape index (κ1) is 72.4. The molecule has 0 radical (unpaired) electrons. The number of ether oxygens (including phenoxy) is 3. The quantitative estimate of drug-likeness (QED) is 0.0343. The van der Waals surface area contributed by atoms with E-state index in [-0.39, 0.29) is 31.1 Å². The van der Waals surface area contributed by atoms with Crippen LogP contribution in [-0.2, 0) is 28.6 Å². The van der Waals surface area contributed by atoms with E-state index in [2.05, 4.69) is 41.5 Å². The summed E-state index contributed by atoms with van der Waals surface area (Å²) in [5, 5.41) is 0. The molecule has 0 saturated heterocycles. The van der Waals surface area contributed by atoms with Crippen molar-refractivity contribution in [1.82, 2.24) is 0 Å². The molecule has 0 aromatic rings. The van der Waals surface area contributed by atoms with E-state index in [1.807, 2.05) is 0 Å². The molecule has 440 valence electrons. The number of esters is 3. The van der Waals surface area contributed by atoms with Gasteiger partial charge in [-0.3, -0.25) is 14.4 Å². The second kappa shape index (κ2) is 59.1. The minimum atomic E-state index is -0.765. The van der Waals surface area contributed by atoms with Crippen LogP contribution >= 0.6 is 0 Å². The molecule has 6 heteroatoms. The maximum absolute atomic E-state index is 12.9. The van der Waals surface area contributed by atoms with Crippen molar-refractivity contribution in [3.05, 3.63) is 0 Å². The van der Waals surface area contributed by atoms with Gasteiger partial charge in [0.25, 0.3) is 0 Å². The summed E-state index contributed by atoms with van der Waals surface area (Å²) in [6.07, 6.45) is 65.4. The van der Waals surface area contributed by atoms with Crippen molar-refractivity contribution in [2.75, 3.05) is 13.2 Å². The van der Waals surface area contributed by atoms with Crippen LogP contribution in [0, 0.1) is 17.8 Å². The van der Waals surface area contributed by atoms with Gasteiger partial charge in [0.2, 0.25) is 0 Å². The molecule has 0 aromatic carbocycles. The molecule has 0 bridgehead atoms. The summed E-state index contributed by atoms with van der Waals surface area (Å²) in [6, 6.07) is 0. The maximum Gasteiger partial charge on any atom is 0.306 e. The SMILES string of the molecule is CC(C)CCCCCCCCCCCCCCCCCCCCC(=O)OC[C@@H](COC(=O)CCCCCCCCCCCCCC(C)C)OC(=O)CCCCCCCCCCCCCCCCCCCCC(C)C. The Hall–Kier alpha value is -1.59. The zero-order valence-electron chi connectivity index (χ0n) is 51.1. The summed E-state index contributed by atoms with van der Waals surface area (Å²) < 4.78 is 17.0. The van der Waals surface area contributed by atoms with E-state index in [1.54, 1.807) is 0 Å². The number of rotatable bonds is 61. The number of hydrogen-bond acceptors (Lipinski definition) is 6. The Morgan fingerprint density at radius 1 is 0.230 bits per heavy atom. The van der Waals surface area contributed by atoms with Crippen molar-refractivity contribution >= 4 is 17.9 Å². The van der Waals surface area contributed by atoms with Gasteiger partial charge >= 0.3 is 17.9 Å². The Morgan fingerprint density at radius 3 is 0.581 bits per heavy atom. The van der Waals surface area contributed by atoms with Crippen LogP contribution in [0.3, 0.4) is 0 Å². The van der Waals surface area contributed by atoms with E-state index >= 15 is 0 Å². The highest BCUT2D eigenvalue weighted by molar-refractivity contribution is 5.71. The van der Waals surface area contributed by atoms with Crippen LogP contribution in [0.25, 0.3) is 0 Å². The molecule has 0 aliphatic heterocycles. The van der Waals surface area contributed by atoms with Gasteiger partial charge in [-0.2, -0.15) is 0 Å². The Bertz CT molecular complexity index is 1150. The van der Waals surface area contributed by atoms with Gasteiger partial charge in [-0.05, 0) is 37.0 Å². The second-order valence-corrected chi connectivity index (χ2v) is 24.9. The monoisotopic (exact) mass is 1050 g/mol. The summed E-state index contributed by atoms with van der Waals surface area (Å²) in [5.41, 5.74) is 0. The van der Waals surface area contributed by atoms with Crippen molar-refractivity contribution in [3.8, 4) is 0 Å². The highest BCUT2D eigenvalue weighted by Crippen LogP contribution is 2.20. The van der Waals surface area contributed by atoms with Crippen molar-refractivity contribution in [1.29, 1.82) is 0 Å². The Labute approximate surface area is 463 Å². The average molecular weight is 1050 g/mol. The lowest BCUT2D eigenvalue weighted by Gasteiger charge is -2.18. The molecule has 0 aliphatic carbocycles. The molecule has 0 aliphatic rings. The molecule has 74 heavy (non-hydrogen) atoms. The molecule has 6 nitrogen and oxygen atoms in total. The maximum atomic E-state index is 12.9. The molecule has 0 amide bonds. The summed E-state index contributed by atoms with van der Waals surface area (Å²) in [5.74, 6) is 1.71. The molecule has 0 rings (SSSR count). The average Bonchev–Trinajstić information content (AvgIpc) is 3.36.